The van der Waals surface area contributed by atoms with E-state index in [0.717, 1.165) is 69.8 Å². The van der Waals surface area contributed by atoms with Crippen molar-refractivity contribution in [1.82, 2.24) is 10.2 Å². The molecule has 3 fully saturated rings. The Labute approximate surface area is 209 Å². The summed E-state index contributed by atoms with van der Waals surface area (Å²) in [6, 6.07) is 8.49. The molecule has 0 bridgehead atoms. The Hall–Kier alpha value is -2.48. The number of quaternary nitrogens is 1. The summed E-state index contributed by atoms with van der Waals surface area (Å²) in [7, 11) is 1.71. The lowest BCUT2D eigenvalue weighted by atomic mass is 9.81. The largest absolute Gasteiger partial charge is 0.550 e. The third kappa shape index (κ3) is 7.03. The Balaban J connectivity index is 1.28. The van der Waals surface area contributed by atoms with E-state index in [4.69, 9.17) is 4.74 Å². The van der Waals surface area contributed by atoms with Crippen LogP contribution in [0, 0.1) is 11.8 Å². The van der Waals surface area contributed by atoms with Gasteiger partial charge in [0.25, 0.3) is 0 Å². The highest BCUT2D eigenvalue weighted by molar-refractivity contribution is 5.74. The van der Waals surface area contributed by atoms with Gasteiger partial charge >= 0.3 is 6.03 Å². The molecule has 2 amide bonds. The predicted octanol–water partition coefficient (Wildman–Crippen LogP) is 0.911. The molecule has 0 radical (unpaired) electrons. The average molecular weight is 487 g/mol. The van der Waals surface area contributed by atoms with Crippen LogP contribution in [0.4, 0.5) is 10.5 Å². The van der Waals surface area contributed by atoms with Crippen molar-refractivity contribution in [3.8, 4) is 5.75 Å². The van der Waals surface area contributed by atoms with Gasteiger partial charge in [0.1, 0.15) is 5.75 Å². The zero-order valence-corrected chi connectivity index (χ0v) is 21.2. The van der Waals surface area contributed by atoms with Gasteiger partial charge in [-0.15, -0.1) is 0 Å². The maximum atomic E-state index is 12.9. The van der Waals surface area contributed by atoms with Crippen LogP contribution in [0.5, 0.6) is 5.75 Å². The highest BCUT2D eigenvalue weighted by Crippen LogP contribution is 2.30. The highest BCUT2D eigenvalue weighted by Gasteiger charge is 2.33. The van der Waals surface area contributed by atoms with Gasteiger partial charge in [-0.25, -0.2) is 4.79 Å². The molecule has 2 aliphatic heterocycles. The quantitative estimate of drug-likeness (QED) is 0.570. The SMILES string of the molecule is COc1ccccc1N1CC[NH+](CC[C@H]2CN(C(=O)NC3CCCCC3)CC[C@H]2CC(=O)[O-])CC1. The van der Waals surface area contributed by atoms with E-state index in [1.165, 1.54) is 19.3 Å². The summed E-state index contributed by atoms with van der Waals surface area (Å²) in [6.07, 6.45) is 7.56. The molecule has 2 saturated heterocycles. The number of rotatable bonds is 8. The van der Waals surface area contributed by atoms with Gasteiger partial charge in [0.2, 0.25) is 0 Å². The summed E-state index contributed by atoms with van der Waals surface area (Å²) in [5, 5.41) is 14.6. The van der Waals surface area contributed by atoms with Crippen LogP contribution in [0.3, 0.4) is 0 Å². The molecular weight excluding hydrogens is 444 g/mol. The Morgan fingerprint density at radius 3 is 2.51 bits per heavy atom. The van der Waals surface area contributed by atoms with Crippen molar-refractivity contribution < 1.29 is 24.3 Å². The molecule has 1 aromatic carbocycles. The van der Waals surface area contributed by atoms with E-state index >= 15 is 0 Å². The summed E-state index contributed by atoms with van der Waals surface area (Å²) < 4.78 is 5.53. The number of aliphatic carboxylic acids is 1. The van der Waals surface area contributed by atoms with Crippen LogP contribution in [0.25, 0.3) is 0 Å². The molecule has 2 heterocycles. The second-order valence-corrected chi connectivity index (χ2v) is 10.6. The maximum absolute atomic E-state index is 12.9. The predicted molar refractivity (Wildman–Crippen MR) is 134 cm³/mol. The number of carbonyl (C=O) groups excluding carboxylic acids is 2. The minimum Gasteiger partial charge on any atom is -0.550 e. The van der Waals surface area contributed by atoms with Crippen molar-refractivity contribution in [2.75, 3.05) is 57.8 Å². The molecule has 8 heteroatoms. The average Bonchev–Trinajstić information content (AvgIpc) is 2.88. The van der Waals surface area contributed by atoms with Gasteiger partial charge in [-0.3, -0.25) is 0 Å². The van der Waals surface area contributed by atoms with Crippen LogP contribution in [-0.2, 0) is 4.79 Å². The van der Waals surface area contributed by atoms with Gasteiger partial charge in [0.15, 0.2) is 0 Å². The minimum atomic E-state index is -0.974. The van der Waals surface area contributed by atoms with Gasteiger partial charge < -0.3 is 34.7 Å². The van der Waals surface area contributed by atoms with Crippen LogP contribution in [0.15, 0.2) is 24.3 Å². The van der Waals surface area contributed by atoms with Crippen LogP contribution >= 0.6 is 0 Å². The molecule has 2 N–H and O–H groups in total. The molecule has 0 aromatic heterocycles. The summed E-state index contributed by atoms with van der Waals surface area (Å²) in [6.45, 7) is 6.32. The maximum Gasteiger partial charge on any atom is 0.317 e. The number of piperidine rings is 1. The van der Waals surface area contributed by atoms with Crippen LogP contribution in [-0.4, -0.2) is 75.9 Å². The monoisotopic (exact) mass is 486 g/mol. The minimum absolute atomic E-state index is 0.0339. The summed E-state index contributed by atoms with van der Waals surface area (Å²) >= 11 is 0. The fourth-order valence-corrected chi connectivity index (χ4v) is 6.18. The lowest BCUT2D eigenvalue weighted by Crippen LogP contribution is -3.15. The molecule has 1 aromatic rings. The molecule has 4 rings (SSSR count). The number of nitrogens with zero attached hydrogens (tertiary/aromatic N) is 2. The Morgan fingerprint density at radius 1 is 1.06 bits per heavy atom. The van der Waals surface area contributed by atoms with Crippen molar-refractivity contribution in [3.05, 3.63) is 24.3 Å². The number of piperazine rings is 1. The van der Waals surface area contributed by atoms with Crippen molar-refractivity contribution in [3.63, 3.8) is 0 Å². The number of carboxylic acids is 1. The summed E-state index contributed by atoms with van der Waals surface area (Å²) in [5.41, 5.74) is 1.15. The van der Waals surface area contributed by atoms with Gasteiger partial charge in [-0.1, -0.05) is 31.4 Å². The first kappa shape index (κ1) is 25.6. The van der Waals surface area contributed by atoms with E-state index < -0.39 is 5.97 Å². The summed E-state index contributed by atoms with van der Waals surface area (Å²) in [4.78, 5) is 30.2. The number of carboxylic acid groups (broad SMARTS) is 1. The molecule has 2 atom stereocenters. The van der Waals surface area contributed by atoms with Crippen molar-refractivity contribution in [2.45, 2.75) is 57.4 Å². The van der Waals surface area contributed by atoms with Gasteiger partial charge in [0, 0.05) is 31.5 Å². The third-order valence-corrected chi connectivity index (χ3v) is 8.31. The number of benzene rings is 1. The van der Waals surface area contributed by atoms with Gasteiger partial charge in [-0.2, -0.15) is 0 Å². The molecule has 1 aliphatic carbocycles. The lowest BCUT2D eigenvalue weighted by Gasteiger charge is -2.40. The van der Waals surface area contributed by atoms with Gasteiger partial charge in [-0.05, 0) is 49.7 Å². The Morgan fingerprint density at radius 2 is 1.80 bits per heavy atom. The number of likely N-dealkylation sites (tertiary alicyclic amines) is 1. The first-order valence-corrected chi connectivity index (χ1v) is 13.5. The van der Waals surface area contributed by atoms with Crippen molar-refractivity contribution in [1.29, 1.82) is 0 Å². The van der Waals surface area contributed by atoms with E-state index in [-0.39, 0.29) is 24.3 Å². The van der Waals surface area contributed by atoms with Gasteiger partial charge in [0.05, 0.1) is 45.5 Å². The molecule has 194 valence electrons. The number of ether oxygens (including phenoxy) is 1. The number of carbonyl (C=O) groups is 2. The summed E-state index contributed by atoms with van der Waals surface area (Å²) in [5.74, 6) is 0.235. The number of hydrogen-bond donors (Lipinski definition) is 2. The van der Waals surface area contributed by atoms with Crippen LogP contribution < -0.4 is 25.0 Å². The highest BCUT2D eigenvalue weighted by atomic mass is 16.5. The number of methoxy groups -OCH3 is 1. The van der Waals surface area contributed by atoms with E-state index in [1.807, 2.05) is 23.1 Å². The molecule has 3 aliphatic rings. The van der Waals surface area contributed by atoms with Crippen LogP contribution in [0.2, 0.25) is 0 Å². The normalized spacial score (nSPS) is 24.3. The molecule has 0 spiro atoms. The number of nitrogens with one attached hydrogen (secondary N) is 2. The first-order chi connectivity index (χ1) is 17.0. The van der Waals surface area contributed by atoms with E-state index in [2.05, 4.69) is 16.3 Å². The standard InChI is InChI=1S/C27H42N4O4/c1-35-25-10-6-5-9-24(25)30-17-15-29(16-18-30)13-11-22-20-31(14-12-21(22)19-26(32)33)27(34)28-23-7-3-2-4-8-23/h5-6,9-10,21-23H,2-4,7-8,11-20H2,1H3,(H,28,34)(H,32,33)/t21-,22-/m0/s1. The number of para-hydroxylation sites is 2. The zero-order chi connectivity index (χ0) is 24.6. The number of hydrogen-bond acceptors (Lipinski definition) is 5. The lowest BCUT2D eigenvalue weighted by molar-refractivity contribution is -0.901. The Kier molecular flexibility index (Phi) is 9.12. The number of anilines is 1. The van der Waals surface area contributed by atoms with Crippen LogP contribution in [0.1, 0.15) is 51.4 Å². The fraction of sp³-hybridized carbons (Fsp3) is 0.704. The molecule has 8 nitrogen and oxygen atoms in total. The topological polar surface area (TPSA) is 89.4 Å². The number of amides is 2. The van der Waals surface area contributed by atoms with E-state index in [0.29, 0.717) is 19.1 Å². The Bertz CT molecular complexity index is 836. The van der Waals surface area contributed by atoms with E-state index in [1.54, 1.807) is 12.0 Å². The zero-order valence-electron chi connectivity index (χ0n) is 21.2. The second-order valence-electron chi connectivity index (χ2n) is 10.6. The smallest absolute Gasteiger partial charge is 0.317 e. The first-order valence-electron chi connectivity index (χ1n) is 13.5. The fourth-order valence-electron chi connectivity index (χ4n) is 6.18. The van der Waals surface area contributed by atoms with Crippen molar-refractivity contribution >= 4 is 17.7 Å². The molecule has 1 saturated carbocycles. The van der Waals surface area contributed by atoms with Crippen molar-refractivity contribution in [2.24, 2.45) is 11.8 Å². The van der Waals surface area contributed by atoms with E-state index in [9.17, 15) is 14.7 Å². The molecular formula is C27H42N4O4. The molecule has 35 heavy (non-hydrogen) atoms. The molecule has 0 unspecified atom stereocenters. The second kappa shape index (κ2) is 12.5. The third-order valence-electron chi connectivity index (χ3n) is 8.31. The number of urea groups is 1.